The largest absolute Gasteiger partial charge is 0.389 e. The molecule has 3 saturated carbocycles. The number of hydrogen-bond acceptors (Lipinski definition) is 2. The highest BCUT2D eigenvalue weighted by Gasteiger charge is 2.60. The van der Waals surface area contributed by atoms with Gasteiger partial charge in [-0.05, 0) is 96.5 Å². The normalized spacial score (nSPS) is 45.4. The topological polar surface area (TPSA) is 37.3 Å². The first-order chi connectivity index (χ1) is 13.7. The minimum atomic E-state index is -0.407. The second-order valence-corrected chi connectivity index (χ2v) is 12.1. The highest BCUT2D eigenvalue weighted by molar-refractivity contribution is 5.98. The minimum Gasteiger partial charge on any atom is -0.389 e. The second kappa shape index (κ2) is 7.81. The van der Waals surface area contributed by atoms with E-state index in [4.69, 9.17) is 0 Å². The van der Waals surface area contributed by atoms with E-state index < -0.39 is 6.10 Å². The third-order valence-corrected chi connectivity index (χ3v) is 10.1. The number of ketones is 1. The molecule has 0 aliphatic heterocycles. The number of allylic oxidation sites excluding steroid dienone is 1. The van der Waals surface area contributed by atoms with E-state index in [0.29, 0.717) is 23.0 Å². The maximum atomic E-state index is 13.2. The smallest absolute Gasteiger partial charge is 0.159 e. The minimum absolute atomic E-state index is 0.0154. The molecule has 3 fully saturated rings. The molecule has 1 N–H and O–H groups in total. The van der Waals surface area contributed by atoms with Crippen LogP contribution >= 0.6 is 0 Å². The molecule has 0 aromatic heterocycles. The zero-order chi connectivity index (χ0) is 21.0. The molecule has 164 valence electrons. The summed E-state index contributed by atoms with van der Waals surface area (Å²) in [6, 6.07) is 0. The lowest BCUT2D eigenvalue weighted by Crippen LogP contribution is -2.53. The molecule has 2 nitrogen and oxygen atoms in total. The summed E-state index contributed by atoms with van der Waals surface area (Å²) in [7, 11) is 0. The average molecular weight is 401 g/mol. The van der Waals surface area contributed by atoms with Gasteiger partial charge < -0.3 is 5.11 Å². The Hall–Kier alpha value is -0.630. The van der Waals surface area contributed by atoms with Gasteiger partial charge in [0.1, 0.15) is 0 Å². The predicted molar refractivity (Wildman–Crippen MR) is 119 cm³/mol. The van der Waals surface area contributed by atoms with Crippen LogP contribution in [-0.2, 0) is 4.79 Å². The van der Waals surface area contributed by atoms with E-state index in [1.54, 1.807) is 0 Å². The van der Waals surface area contributed by atoms with E-state index in [2.05, 4.69) is 34.6 Å². The zero-order valence-electron chi connectivity index (χ0n) is 19.5. The van der Waals surface area contributed by atoms with Crippen LogP contribution in [0.5, 0.6) is 0 Å². The summed E-state index contributed by atoms with van der Waals surface area (Å²) in [5, 5.41) is 10.1. The maximum Gasteiger partial charge on any atom is 0.159 e. The monoisotopic (exact) mass is 400 g/mol. The SMILES string of the molecule is CC(C)CCC[C@@H](C)[C@H]1CC[C@H]2[C@@H]3CC(=O)C4=C[C@H](O)CC[C@]4(C)[C@H]3CC[C@]12C. The molecule has 0 aromatic rings. The summed E-state index contributed by atoms with van der Waals surface area (Å²) in [4.78, 5) is 13.2. The summed E-state index contributed by atoms with van der Waals surface area (Å²) in [6.07, 6.45) is 13.5. The first-order valence-electron chi connectivity index (χ1n) is 12.6. The van der Waals surface area contributed by atoms with Crippen LogP contribution in [0, 0.1) is 46.3 Å². The summed E-state index contributed by atoms with van der Waals surface area (Å²) in [5.41, 5.74) is 1.43. The number of carbonyl (C=O) groups excluding carboxylic acids is 1. The van der Waals surface area contributed by atoms with Crippen molar-refractivity contribution in [2.45, 2.75) is 105 Å². The van der Waals surface area contributed by atoms with Gasteiger partial charge in [-0.3, -0.25) is 4.79 Å². The van der Waals surface area contributed by atoms with Gasteiger partial charge in [0.05, 0.1) is 6.10 Å². The highest BCUT2D eigenvalue weighted by atomic mass is 16.3. The number of aliphatic hydroxyl groups excluding tert-OH is 1. The van der Waals surface area contributed by atoms with Gasteiger partial charge in [0.15, 0.2) is 5.78 Å². The van der Waals surface area contributed by atoms with Gasteiger partial charge in [0.25, 0.3) is 0 Å². The van der Waals surface area contributed by atoms with Crippen LogP contribution in [0.2, 0.25) is 0 Å². The van der Waals surface area contributed by atoms with E-state index in [0.717, 1.165) is 48.5 Å². The Labute approximate surface area is 178 Å². The van der Waals surface area contributed by atoms with Crippen LogP contribution in [0.4, 0.5) is 0 Å². The van der Waals surface area contributed by atoms with E-state index >= 15 is 0 Å². The van der Waals surface area contributed by atoms with Gasteiger partial charge in [-0.25, -0.2) is 0 Å². The number of hydrogen-bond donors (Lipinski definition) is 1. The molecular weight excluding hydrogens is 356 g/mol. The molecule has 0 unspecified atom stereocenters. The lowest BCUT2D eigenvalue weighted by Gasteiger charge is -2.58. The Bertz CT molecular complexity index is 663. The molecule has 0 saturated heterocycles. The van der Waals surface area contributed by atoms with Crippen LogP contribution in [0.3, 0.4) is 0 Å². The van der Waals surface area contributed by atoms with Crippen molar-refractivity contribution in [2.24, 2.45) is 46.3 Å². The average Bonchev–Trinajstić information content (AvgIpc) is 3.00. The Morgan fingerprint density at radius 1 is 1.03 bits per heavy atom. The van der Waals surface area contributed by atoms with Gasteiger partial charge in [-0.15, -0.1) is 0 Å². The Morgan fingerprint density at radius 3 is 2.52 bits per heavy atom. The molecule has 4 aliphatic rings. The first kappa shape index (κ1) is 21.6. The summed E-state index contributed by atoms with van der Waals surface area (Å²) < 4.78 is 0. The molecule has 0 bridgehead atoms. The molecule has 8 atom stereocenters. The molecule has 0 heterocycles. The first-order valence-corrected chi connectivity index (χ1v) is 12.6. The van der Waals surface area contributed by atoms with Crippen LogP contribution in [-0.4, -0.2) is 17.0 Å². The number of aliphatic hydroxyl groups is 1. The fraction of sp³-hybridized carbons (Fsp3) is 0.889. The summed E-state index contributed by atoms with van der Waals surface area (Å²) in [6.45, 7) is 12.1. The summed E-state index contributed by atoms with van der Waals surface area (Å²) >= 11 is 0. The van der Waals surface area contributed by atoms with Gasteiger partial charge in [0.2, 0.25) is 0 Å². The third kappa shape index (κ3) is 3.56. The standard InChI is InChI=1S/C27H44O2/c1-17(2)7-6-8-18(3)21-9-10-22-20-16-25(29)24-15-19(28)11-13-27(24,5)23(20)12-14-26(21,22)4/h15,17-23,28H,6-14,16H2,1-5H3/t18-,19-,20+,21-,22+,23+,26-,27-/m1/s1. The summed E-state index contributed by atoms with van der Waals surface area (Å²) in [5.74, 6) is 4.77. The Morgan fingerprint density at radius 2 is 1.79 bits per heavy atom. The van der Waals surface area contributed by atoms with Crippen molar-refractivity contribution in [3.05, 3.63) is 11.6 Å². The lowest BCUT2D eigenvalue weighted by atomic mass is 9.46. The van der Waals surface area contributed by atoms with Gasteiger partial charge in [0, 0.05) is 6.42 Å². The molecule has 29 heavy (non-hydrogen) atoms. The lowest BCUT2D eigenvalue weighted by molar-refractivity contribution is -0.129. The molecule has 0 amide bonds. The molecule has 4 rings (SSSR count). The molecule has 0 spiro atoms. The fourth-order valence-corrected chi connectivity index (χ4v) is 8.56. The molecule has 0 aromatic carbocycles. The fourth-order valence-electron chi connectivity index (χ4n) is 8.56. The molecule has 4 aliphatic carbocycles. The van der Waals surface area contributed by atoms with E-state index in [1.165, 1.54) is 44.9 Å². The van der Waals surface area contributed by atoms with E-state index in [1.807, 2.05) is 6.08 Å². The van der Waals surface area contributed by atoms with Crippen LogP contribution in [0.15, 0.2) is 11.6 Å². The van der Waals surface area contributed by atoms with Crippen molar-refractivity contribution in [3.63, 3.8) is 0 Å². The van der Waals surface area contributed by atoms with E-state index in [-0.39, 0.29) is 5.41 Å². The maximum absolute atomic E-state index is 13.2. The van der Waals surface area contributed by atoms with Crippen molar-refractivity contribution in [1.82, 2.24) is 0 Å². The molecule has 0 radical (unpaired) electrons. The third-order valence-electron chi connectivity index (χ3n) is 10.1. The number of Topliss-reactive ketones (excluding diaryl/α,β-unsaturated/α-hetero) is 1. The van der Waals surface area contributed by atoms with Crippen molar-refractivity contribution in [2.75, 3.05) is 0 Å². The zero-order valence-corrected chi connectivity index (χ0v) is 19.5. The van der Waals surface area contributed by atoms with E-state index in [9.17, 15) is 9.90 Å². The molecular formula is C27H44O2. The Balaban J connectivity index is 1.53. The van der Waals surface area contributed by atoms with Crippen LogP contribution in [0.1, 0.15) is 98.8 Å². The highest BCUT2D eigenvalue weighted by Crippen LogP contribution is 2.67. The van der Waals surface area contributed by atoms with Crippen molar-refractivity contribution in [1.29, 1.82) is 0 Å². The van der Waals surface area contributed by atoms with Crippen molar-refractivity contribution in [3.8, 4) is 0 Å². The quantitative estimate of drug-likeness (QED) is 0.567. The van der Waals surface area contributed by atoms with Crippen LogP contribution in [0.25, 0.3) is 0 Å². The van der Waals surface area contributed by atoms with Gasteiger partial charge >= 0.3 is 0 Å². The van der Waals surface area contributed by atoms with Gasteiger partial charge in [-0.1, -0.05) is 53.9 Å². The predicted octanol–water partition coefficient (Wildman–Crippen LogP) is 6.57. The number of rotatable bonds is 5. The number of fused-ring (bicyclic) bond motifs is 5. The molecule has 2 heteroatoms. The van der Waals surface area contributed by atoms with Crippen LogP contribution < -0.4 is 0 Å². The Kier molecular flexibility index (Phi) is 5.82. The number of carbonyl (C=O) groups is 1. The van der Waals surface area contributed by atoms with Gasteiger partial charge in [-0.2, -0.15) is 0 Å². The van der Waals surface area contributed by atoms with Crippen molar-refractivity contribution >= 4 is 5.78 Å². The second-order valence-electron chi connectivity index (χ2n) is 12.1. The van der Waals surface area contributed by atoms with Crippen molar-refractivity contribution < 1.29 is 9.90 Å².